The van der Waals surface area contributed by atoms with Crippen LogP contribution in [0.3, 0.4) is 0 Å². The smallest absolute Gasteiger partial charge is 0.310 e. The van der Waals surface area contributed by atoms with E-state index in [9.17, 15) is 20.1 Å². The first kappa shape index (κ1) is 30.5. The molecule has 3 N–H and O–H groups in total. The average molecular weight is 489 g/mol. The zero-order valence-electron chi connectivity index (χ0n) is 22.2. The molecule has 0 aliphatic rings. The number of phenolic OH excluding ortho intramolecular Hbond substituents is 1. The maximum atomic E-state index is 11.8. The lowest BCUT2D eigenvalue weighted by atomic mass is 9.92. The van der Waals surface area contributed by atoms with Crippen molar-refractivity contribution < 1.29 is 29.6 Å². The van der Waals surface area contributed by atoms with E-state index < -0.39 is 23.8 Å². The number of rotatable bonds is 15. The van der Waals surface area contributed by atoms with Crippen molar-refractivity contribution in [3.05, 3.63) is 59.7 Å². The summed E-state index contributed by atoms with van der Waals surface area (Å²) in [6.45, 7) is 13.8. The van der Waals surface area contributed by atoms with Crippen molar-refractivity contribution in [3.8, 4) is 11.5 Å². The molecule has 6 nitrogen and oxygen atoms in total. The third-order valence-electron chi connectivity index (χ3n) is 6.18. The predicted octanol–water partition coefficient (Wildman–Crippen LogP) is 5.65. The molecule has 0 spiro atoms. The molecular weight excluding hydrogens is 444 g/mol. The molecule has 0 saturated heterocycles. The Morgan fingerprint density at radius 3 is 2.51 bits per heavy atom. The van der Waals surface area contributed by atoms with Gasteiger partial charge in [0, 0.05) is 5.56 Å². The highest BCUT2D eigenvalue weighted by Gasteiger charge is 2.24. The molecule has 196 valence electrons. The van der Waals surface area contributed by atoms with Crippen LogP contribution in [0.5, 0.6) is 11.5 Å². The second-order valence-electron chi connectivity index (χ2n) is 9.85. The van der Waals surface area contributed by atoms with Crippen LogP contribution in [0.25, 0.3) is 0 Å². The molecule has 3 unspecified atom stereocenters. The van der Waals surface area contributed by atoms with Crippen molar-refractivity contribution in [3.63, 3.8) is 0 Å². The molecular formula is C29H44O6. The Bertz CT molecular complexity index is 883. The lowest BCUT2D eigenvalue weighted by Gasteiger charge is -2.28. The number of esters is 1. The highest BCUT2D eigenvalue weighted by Crippen LogP contribution is 2.30. The van der Waals surface area contributed by atoms with Crippen LogP contribution in [0.2, 0.25) is 0 Å². The maximum absolute atomic E-state index is 11.8. The second kappa shape index (κ2) is 14.7. The maximum Gasteiger partial charge on any atom is 0.310 e. The Hall–Kier alpha value is -2.57. The molecule has 1 aromatic carbocycles. The third-order valence-corrected chi connectivity index (χ3v) is 6.18. The van der Waals surface area contributed by atoms with Gasteiger partial charge in [-0.1, -0.05) is 36.8 Å². The Morgan fingerprint density at radius 2 is 1.91 bits per heavy atom. The van der Waals surface area contributed by atoms with Crippen LogP contribution < -0.4 is 4.74 Å². The summed E-state index contributed by atoms with van der Waals surface area (Å²) in [4.78, 5) is 11.8. The molecule has 0 fully saturated rings. The number of allylic oxidation sites excluding steroid dienone is 3. The van der Waals surface area contributed by atoms with Gasteiger partial charge in [0.15, 0.2) is 0 Å². The minimum absolute atomic E-state index is 0.00491. The summed E-state index contributed by atoms with van der Waals surface area (Å²) in [7, 11) is 1.32. The van der Waals surface area contributed by atoms with Gasteiger partial charge < -0.3 is 24.8 Å². The minimum atomic E-state index is -0.829. The summed E-state index contributed by atoms with van der Waals surface area (Å²) in [5.41, 5.74) is 2.16. The molecule has 0 aliphatic carbocycles. The van der Waals surface area contributed by atoms with Crippen LogP contribution in [0, 0.1) is 5.92 Å². The standard InChI is InChI=1S/C29H44O6/c1-8-29(6,35-26-15-14-24(30)18-23(26)19-27(32)34-7)16-10-12-21(4)11-9-13-22(5)28(33)25(31)17-20(2)3/h8,12,14-15,17-18,22,25,28,30-31,33H,1,9-11,13,16,19H2,2-7H3/b21-12+/t22?,25-,28?,29?/m1/s1. The topological polar surface area (TPSA) is 96.2 Å². The summed E-state index contributed by atoms with van der Waals surface area (Å²) in [6, 6.07) is 4.69. The van der Waals surface area contributed by atoms with E-state index in [1.165, 1.54) is 24.8 Å². The quantitative estimate of drug-likeness (QED) is 0.218. The molecule has 0 amide bonds. The van der Waals surface area contributed by atoms with E-state index in [0.29, 0.717) is 17.7 Å². The van der Waals surface area contributed by atoms with Crippen molar-refractivity contribution in [2.75, 3.05) is 7.11 Å². The molecule has 6 heteroatoms. The molecule has 0 aliphatic heterocycles. The zero-order valence-corrected chi connectivity index (χ0v) is 22.2. The zero-order chi connectivity index (χ0) is 26.6. The first-order valence-corrected chi connectivity index (χ1v) is 12.3. The molecule has 0 aromatic heterocycles. The summed E-state index contributed by atoms with van der Waals surface area (Å²) < 4.78 is 11.0. The van der Waals surface area contributed by atoms with E-state index in [1.54, 1.807) is 18.2 Å². The minimum Gasteiger partial charge on any atom is -0.508 e. The molecule has 1 aromatic rings. The van der Waals surface area contributed by atoms with Crippen molar-refractivity contribution in [2.45, 2.75) is 91.0 Å². The van der Waals surface area contributed by atoms with Gasteiger partial charge in [0.25, 0.3) is 0 Å². The van der Waals surface area contributed by atoms with Gasteiger partial charge in [0.1, 0.15) is 17.1 Å². The van der Waals surface area contributed by atoms with Crippen LogP contribution >= 0.6 is 0 Å². The Morgan fingerprint density at radius 1 is 1.23 bits per heavy atom. The summed E-state index contributed by atoms with van der Waals surface area (Å²) in [6.07, 6.45) is 8.22. The number of ether oxygens (including phenoxy) is 2. The number of hydrogen-bond acceptors (Lipinski definition) is 6. The predicted molar refractivity (Wildman–Crippen MR) is 141 cm³/mol. The highest BCUT2D eigenvalue weighted by molar-refractivity contribution is 5.73. The fraction of sp³-hybridized carbons (Fsp3) is 0.552. The Labute approximate surface area is 211 Å². The number of phenols is 1. The average Bonchev–Trinajstić information content (AvgIpc) is 2.79. The van der Waals surface area contributed by atoms with Crippen LogP contribution in [0.1, 0.15) is 72.3 Å². The van der Waals surface area contributed by atoms with E-state index >= 15 is 0 Å². The van der Waals surface area contributed by atoms with Crippen molar-refractivity contribution in [1.82, 2.24) is 0 Å². The molecule has 1 rings (SSSR count). The van der Waals surface area contributed by atoms with Crippen LogP contribution in [-0.4, -0.2) is 46.2 Å². The van der Waals surface area contributed by atoms with Gasteiger partial charge in [0.05, 0.1) is 25.7 Å². The molecule has 0 bridgehead atoms. The normalized spacial score (nSPS) is 15.9. The largest absolute Gasteiger partial charge is 0.508 e. The van der Waals surface area contributed by atoms with Crippen molar-refractivity contribution in [1.29, 1.82) is 0 Å². The number of carbonyl (C=O) groups excluding carboxylic acids is 1. The van der Waals surface area contributed by atoms with Gasteiger partial charge in [-0.05, 0) is 90.0 Å². The number of methoxy groups -OCH3 is 1. The molecule has 35 heavy (non-hydrogen) atoms. The molecule has 0 radical (unpaired) electrons. The van der Waals surface area contributed by atoms with Crippen LogP contribution in [0.4, 0.5) is 0 Å². The van der Waals surface area contributed by atoms with E-state index in [1.807, 2.05) is 27.7 Å². The summed E-state index contributed by atoms with van der Waals surface area (Å²) in [5.74, 6) is 0.172. The third kappa shape index (κ3) is 11.1. The second-order valence-corrected chi connectivity index (χ2v) is 9.85. The lowest BCUT2D eigenvalue weighted by molar-refractivity contribution is -0.139. The monoisotopic (exact) mass is 488 g/mol. The molecule has 0 saturated carbocycles. The first-order valence-electron chi connectivity index (χ1n) is 12.3. The molecule has 0 heterocycles. The van der Waals surface area contributed by atoms with E-state index in [-0.39, 0.29) is 18.1 Å². The summed E-state index contributed by atoms with van der Waals surface area (Å²) in [5, 5.41) is 30.2. The fourth-order valence-electron chi connectivity index (χ4n) is 3.83. The first-order chi connectivity index (χ1) is 16.4. The van der Waals surface area contributed by atoms with Gasteiger partial charge >= 0.3 is 5.97 Å². The van der Waals surface area contributed by atoms with Gasteiger partial charge in [-0.3, -0.25) is 4.79 Å². The Balaban J connectivity index is 2.64. The van der Waals surface area contributed by atoms with Gasteiger partial charge in [-0.25, -0.2) is 0 Å². The number of aromatic hydroxyl groups is 1. The number of hydrogen-bond donors (Lipinski definition) is 3. The van der Waals surface area contributed by atoms with Crippen LogP contribution in [-0.2, 0) is 16.0 Å². The SMILES string of the molecule is C=CC(C)(CC/C=C(\C)CCCC(C)C(O)[C@H](O)C=C(C)C)Oc1ccc(O)cc1CC(=O)OC. The fourth-order valence-corrected chi connectivity index (χ4v) is 3.83. The van der Waals surface area contributed by atoms with Crippen LogP contribution in [0.15, 0.2) is 54.2 Å². The van der Waals surface area contributed by atoms with E-state index in [2.05, 4.69) is 19.6 Å². The number of aliphatic hydroxyl groups is 2. The van der Waals surface area contributed by atoms with Gasteiger partial charge in [-0.2, -0.15) is 0 Å². The van der Waals surface area contributed by atoms with Gasteiger partial charge in [0.2, 0.25) is 0 Å². The number of benzene rings is 1. The van der Waals surface area contributed by atoms with E-state index in [4.69, 9.17) is 9.47 Å². The summed E-state index contributed by atoms with van der Waals surface area (Å²) >= 11 is 0. The van der Waals surface area contributed by atoms with Gasteiger partial charge in [-0.15, -0.1) is 0 Å². The van der Waals surface area contributed by atoms with Crippen molar-refractivity contribution >= 4 is 5.97 Å². The van der Waals surface area contributed by atoms with Crippen molar-refractivity contribution in [2.24, 2.45) is 5.92 Å². The highest BCUT2D eigenvalue weighted by atomic mass is 16.5. The Kier molecular flexibility index (Phi) is 12.8. The number of carbonyl (C=O) groups is 1. The molecule has 4 atom stereocenters. The lowest BCUT2D eigenvalue weighted by Crippen LogP contribution is -2.30. The van der Waals surface area contributed by atoms with E-state index in [0.717, 1.165) is 31.3 Å². The number of aliphatic hydroxyl groups excluding tert-OH is 2.